The van der Waals surface area contributed by atoms with Crippen molar-refractivity contribution in [2.24, 2.45) is 5.73 Å². The molecule has 3 N–H and O–H groups in total. The summed E-state index contributed by atoms with van der Waals surface area (Å²) in [5.41, 5.74) is 5.89. The van der Waals surface area contributed by atoms with E-state index >= 15 is 0 Å². The summed E-state index contributed by atoms with van der Waals surface area (Å²) < 4.78 is 13.6. The van der Waals surface area contributed by atoms with Crippen LogP contribution in [-0.2, 0) is 6.54 Å². The minimum absolute atomic E-state index is 0.301. The molecule has 0 radical (unpaired) electrons. The third-order valence-corrected chi connectivity index (χ3v) is 2.70. The minimum atomic E-state index is -0.567. The van der Waals surface area contributed by atoms with Gasteiger partial charge in [-0.3, -0.25) is 4.79 Å². The lowest BCUT2D eigenvalue weighted by atomic mass is 10.1. The highest BCUT2D eigenvalue weighted by molar-refractivity contribution is 5.92. The number of hydrogen-bond donors (Lipinski definition) is 2. The van der Waals surface area contributed by atoms with Crippen molar-refractivity contribution in [1.29, 1.82) is 0 Å². The van der Waals surface area contributed by atoms with Gasteiger partial charge in [0, 0.05) is 24.2 Å². The quantitative estimate of drug-likeness (QED) is 0.799. The van der Waals surface area contributed by atoms with Crippen molar-refractivity contribution < 1.29 is 14.3 Å². The molecule has 0 heterocycles. The summed E-state index contributed by atoms with van der Waals surface area (Å²) in [5, 5.41) is 9.18. The first-order valence-electron chi connectivity index (χ1n) is 5.85. The molecular formula is C13H19FN2O2. The molecule has 0 saturated heterocycles. The van der Waals surface area contributed by atoms with Crippen LogP contribution in [0.4, 0.5) is 4.39 Å². The molecule has 5 heteroatoms. The number of primary amides is 1. The fraction of sp³-hybridized carbons (Fsp3) is 0.462. The molecule has 100 valence electrons. The number of carbonyl (C=O) groups is 1. The third kappa shape index (κ3) is 4.43. The van der Waals surface area contributed by atoms with E-state index in [9.17, 15) is 14.3 Å². The van der Waals surface area contributed by atoms with Crippen LogP contribution in [0.2, 0.25) is 0 Å². The number of benzene rings is 1. The number of aliphatic hydroxyl groups is 1. The zero-order valence-corrected chi connectivity index (χ0v) is 10.7. The van der Waals surface area contributed by atoms with Gasteiger partial charge in [0.2, 0.25) is 5.91 Å². The Labute approximate surface area is 106 Å². The SMILES string of the molecule is CC(O)CCN(C)Cc1cc(C(N)=O)ccc1F. The largest absolute Gasteiger partial charge is 0.393 e. The average Bonchev–Trinajstić information content (AvgIpc) is 2.29. The van der Waals surface area contributed by atoms with E-state index in [1.807, 2.05) is 11.9 Å². The Balaban J connectivity index is 2.71. The zero-order chi connectivity index (χ0) is 13.7. The van der Waals surface area contributed by atoms with E-state index in [1.165, 1.54) is 18.2 Å². The Hall–Kier alpha value is -1.46. The van der Waals surface area contributed by atoms with Crippen LogP contribution in [0.5, 0.6) is 0 Å². The van der Waals surface area contributed by atoms with Gasteiger partial charge in [0.1, 0.15) is 5.82 Å². The van der Waals surface area contributed by atoms with Gasteiger partial charge >= 0.3 is 0 Å². The molecular weight excluding hydrogens is 235 g/mol. The molecule has 1 unspecified atom stereocenters. The number of hydrogen-bond acceptors (Lipinski definition) is 3. The average molecular weight is 254 g/mol. The second-order valence-electron chi connectivity index (χ2n) is 4.55. The standard InChI is InChI=1S/C13H19FN2O2/c1-9(17)5-6-16(2)8-11-7-10(13(15)18)3-4-12(11)14/h3-4,7,9,17H,5-6,8H2,1-2H3,(H2,15,18). The molecule has 0 aliphatic carbocycles. The lowest BCUT2D eigenvalue weighted by Crippen LogP contribution is -2.23. The molecule has 1 aromatic rings. The Morgan fingerprint density at radius 1 is 1.56 bits per heavy atom. The normalized spacial score (nSPS) is 12.7. The van der Waals surface area contributed by atoms with Crippen molar-refractivity contribution in [2.45, 2.75) is 26.0 Å². The molecule has 0 spiro atoms. The van der Waals surface area contributed by atoms with Crippen LogP contribution in [0.25, 0.3) is 0 Å². The van der Waals surface area contributed by atoms with Gasteiger partial charge in [-0.1, -0.05) is 0 Å². The molecule has 0 saturated carbocycles. The van der Waals surface area contributed by atoms with Gasteiger partial charge < -0.3 is 15.7 Å². The Morgan fingerprint density at radius 2 is 2.22 bits per heavy atom. The van der Waals surface area contributed by atoms with Gasteiger partial charge in [0.15, 0.2) is 0 Å². The van der Waals surface area contributed by atoms with Crippen molar-refractivity contribution in [3.8, 4) is 0 Å². The fourth-order valence-corrected chi connectivity index (χ4v) is 1.63. The summed E-state index contributed by atoms with van der Waals surface area (Å²) in [6.45, 7) is 2.74. The van der Waals surface area contributed by atoms with Gasteiger partial charge in [-0.05, 0) is 38.6 Å². The van der Waals surface area contributed by atoms with Gasteiger partial charge in [-0.15, -0.1) is 0 Å². The van der Waals surface area contributed by atoms with E-state index in [0.717, 1.165) is 0 Å². The number of rotatable bonds is 6. The van der Waals surface area contributed by atoms with E-state index in [4.69, 9.17) is 5.73 Å². The van der Waals surface area contributed by atoms with Crippen LogP contribution in [0.1, 0.15) is 29.3 Å². The molecule has 1 aromatic carbocycles. The molecule has 4 nitrogen and oxygen atoms in total. The molecule has 0 fully saturated rings. The topological polar surface area (TPSA) is 66.6 Å². The summed E-state index contributed by atoms with van der Waals surface area (Å²) in [4.78, 5) is 12.9. The van der Waals surface area contributed by atoms with Crippen molar-refractivity contribution in [1.82, 2.24) is 4.90 Å². The van der Waals surface area contributed by atoms with Gasteiger partial charge in [0.05, 0.1) is 6.10 Å². The highest BCUT2D eigenvalue weighted by Gasteiger charge is 2.10. The lowest BCUT2D eigenvalue weighted by molar-refractivity contribution is 0.1000. The minimum Gasteiger partial charge on any atom is -0.393 e. The highest BCUT2D eigenvalue weighted by Crippen LogP contribution is 2.12. The predicted octanol–water partition coefficient (Wildman–Crippen LogP) is 1.13. The summed E-state index contributed by atoms with van der Waals surface area (Å²) in [6.07, 6.45) is 0.238. The maximum Gasteiger partial charge on any atom is 0.248 e. The number of amides is 1. The summed E-state index contributed by atoms with van der Waals surface area (Å²) in [5.74, 6) is -0.924. The van der Waals surface area contributed by atoms with Crippen molar-refractivity contribution in [2.75, 3.05) is 13.6 Å². The molecule has 1 atom stereocenters. The number of halogens is 1. The predicted molar refractivity (Wildman–Crippen MR) is 67.5 cm³/mol. The molecule has 1 amide bonds. The Bertz CT molecular complexity index is 421. The number of carbonyl (C=O) groups excluding carboxylic acids is 1. The monoisotopic (exact) mass is 254 g/mol. The van der Waals surface area contributed by atoms with Crippen LogP contribution < -0.4 is 5.73 Å². The molecule has 0 aliphatic rings. The first-order chi connectivity index (χ1) is 8.40. The molecule has 18 heavy (non-hydrogen) atoms. The second kappa shape index (κ2) is 6.47. The van der Waals surface area contributed by atoms with Crippen LogP contribution in [0, 0.1) is 5.82 Å². The van der Waals surface area contributed by atoms with E-state index in [1.54, 1.807) is 6.92 Å². The summed E-state index contributed by atoms with van der Waals surface area (Å²) in [7, 11) is 1.83. The Kier molecular flexibility index (Phi) is 5.25. The van der Waals surface area contributed by atoms with Crippen molar-refractivity contribution in [3.63, 3.8) is 0 Å². The molecule has 0 aliphatic heterocycles. The summed E-state index contributed by atoms with van der Waals surface area (Å²) in [6, 6.07) is 4.09. The lowest BCUT2D eigenvalue weighted by Gasteiger charge is -2.18. The van der Waals surface area contributed by atoms with Crippen LogP contribution in [0.3, 0.4) is 0 Å². The smallest absolute Gasteiger partial charge is 0.248 e. The highest BCUT2D eigenvalue weighted by atomic mass is 19.1. The maximum absolute atomic E-state index is 13.6. The van der Waals surface area contributed by atoms with E-state index in [0.29, 0.717) is 30.6 Å². The van der Waals surface area contributed by atoms with Crippen molar-refractivity contribution >= 4 is 5.91 Å². The molecule has 0 aromatic heterocycles. The van der Waals surface area contributed by atoms with Crippen molar-refractivity contribution in [3.05, 3.63) is 35.1 Å². The Morgan fingerprint density at radius 3 is 2.78 bits per heavy atom. The van der Waals surface area contributed by atoms with Gasteiger partial charge in [-0.25, -0.2) is 4.39 Å². The van der Waals surface area contributed by atoms with Crippen LogP contribution in [-0.4, -0.2) is 35.6 Å². The molecule has 0 bridgehead atoms. The fourth-order valence-electron chi connectivity index (χ4n) is 1.63. The number of aliphatic hydroxyl groups excluding tert-OH is 1. The first kappa shape index (κ1) is 14.6. The van der Waals surface area contributed by atoms with Crippen LogP contribution in [0.15, 0.2) is 18.2 Å². The van der Waals surface area contributed by atoms with Gasteiger partial charge in [-0.2, -0.15) is 0 Å². The first-order valence-corrected chi connectivity index (χ1v) is 5.85. The zero-order valence-electron chi connectivity index (χ0n) is 10.7. The number of nitrogens with zero attached hydrogens (tertiary/aromatic N) is 1. The van der Waals surface area contributed by atoms with Gasteiger partial charge in [0.25, 0.3) is 0 Å². The number of nitrogens with two attached hydrogens (primary N) is 1. The van der Waals surface area contributed by atoms with E-state index < -0.39 is 5.91 Å². The molecule has 1 rings (SSSR count). The maximum atomic E-state index is 13.6. The van der Waals surface area contributed by atoms with E-state index in [2.05, 4.69) is 0 Å². The van der Waals surface area contributed by atoms with E-state index in [-0.39, 0.29) is 11.9 Å². The summed E-state index contributed by atoms with van der Waals surface area (Å²) >= 11 is 0. The third-order valence-electron chi connectivity index (χ3n) is 2.70. The second-order valence-corrected chi connectivity index (χ2v) is 4.55. The van der Waals surface area contributed by atoms with Crippen LogP contribution >= 0.6 is 0 Å².